The maximum Gasteiger partial charge on any atom is 0.153 e. The molecule has 0 bridgehead atoms. The van der Waals surface area contributed by atoms with E-state index in [1.54, 1.807) is 6.07 Å². The van der Waals surface area contributed by atoms with Crippen molar-refractivity contribution in [3.63, 3.8) is 0 Å². The predicted octanol–water partition coefficient (Wildman–Crippen LogP) is 3.86. The van der Waals surface area contributed by atoms with Gasteiger partial charge in [-0.25, -0.2) is 0 Å². The average Bonchev–Trinajstić information content (AvgIpc) is 2.85. The Kier molecular flexibility index (Phi) is 3.29. The second-order valence-corrected chi connectivity index (χ2v) is 5.56. The average molecular weight is 281 g/mol. The van der Waals surface area contributed by atoms with Crippen molar-refractivity contribution in [3.05, 3.63) is 35.0 Å². The van der Waals surface area contributed by atoms with Gasteiger partial charge in [-0.1, -0.05) is 30.7 Å². The van der Waals surface area contributed by atoms with Crippen LogP contribution in [0.1, 0.15) is 31.9 Å². The lowest BCUT2D eigenvalue weighted by Gasteiger charge is -2.35. The molecule has 1 aromatic carbocycles. The summed E-state index contributed by atoms with van der Waals surface area (Å²) in [6.07, 6.45) is 2.10. The molecule has 1 aliphatic heterocycles. The number of aliphatic hydroxyl groups is 1. The summed E-state index contributed by atoms with van der Waals surface area (Å²) in [6, 6.07) is 7.50. The van der Waals surface area contributed by atoms with Gasteiger partial charge in [0.25, 0.3) is 0 Å². The molecule has 1 saturated heterocycles. The van der Waals surface area contributed by atoms with Crippen molar-refractivity contribution < 1.29 is 14.3 Å². The second-order valence-electron chi connectivity index (χ2n) is 5.16. The van der Waals surface area contributed by atoms with Gasteiger partial charge in [-0.3, -0.25) is 0 Å². The second kappa shape index (κ2) is 4.82. The summed E-state index contributed by atoms with van der Waals surface area (Å²) in [5, 5.41) is 12.3. The molecule has 3 nitrogen and oxygen atoms in total. The highest BCUT2D eigenvalue weighted by molar-refractivity contribution is 6.34. The summed E-state index contributed by atoms with van der Waals surface area (Å²) in [4.78, 5) is 0. The van der Waals surface area contributed by atoms with E-state index in [0.29, 0.717) is 35.8 Å². The van der Waals surface area contributed by atoms with Crippen LogP contribution in [0, 0.1) is 0 Å². The van der Waals surface area contributed by atoms with Crippen molar-refractivity contribution in [2.45, 2.75) is 37.9 Å². The fraction of sp³-hybridized carbons (Fsp3) is 0.467. The maximum absolute atomic E-state index is 10.8. The van der Waals surface area contributed by atoms with Crippen LogP contribution in [0.25, 0.3) is 11.0 Å². The fourth-order valence-electron chi connectivity index (χ4n) is 2.67. The summed E-state index contributed by atoms with van der Waals surface area (Å²) in [5.74, 6) is 0.595. The molecule has 2 unspecified atom stereocenters. The number of para-hydroxylation sites is 1. The molecule has 0 saturated carbocycles. The third-order valence-corrected chi connectivity index (χ3v) is 4.14. The highest BCUT2D eigenvalue weighted by Gasteiger charge is 2.39. The first kappa shape index (κ1) is 13.0. The molecule has 1 N–H and O–H groups in total. The van der Waals surface area contributed by atoms with E-state index in [4.69, 9.17) is 20.8 Å². The van der Waals surface area contributed by atoms with Crippen LogP contribution in [-0.2, 0) is 10.3 Å². The first-order chi connectivity index (χ1) is 9.12. The lowest BCUT2D eigenvalue weighted by molar-refractivity contribution is -0.117. The highest BCUT2D eigenvalue weighted by Crippen LogP contribution is 2.39. The lowest BCUT2D eigenvalue weighted by atomic mass is 9.87. The number of ether oxygens (including phenoxy) is 1. The largest absolute Gasteiger partial charge is 0.456 e. The van der Waals surface area contributed by atoms with Gasteiger partial charge in [0.2, 0.25) is 0 Å². The number of furan rings is 1. The number of fused-ring (bicyclic) bond motifs is 1. The Morgan fingerprint density at radius 1 is 1.47 bits per heavy atom. The van der Waals surface area contributed by atoms with Crippen LogP contribution in [0.4, 0.5) is 0 Å². The van der Waals surface area contributed by atoms with Gasteiger partial charge in [-0.05, 0) is 18.6 Å². The molecule has 19 heavy (non-hydrogen) atoms. The molecule has 1 fully saturated rings. The summed E-state index contributed by atoms with van der Waals surface area (Å²) in [7, 11) is 0. The smallest absolute Gasteiger partial charge is 0.153 e. The zero-order valence-electron chi connectivity index (χ0n) is 10.9. The molecule has 102 valence electrons. The number of rotatable bonds is 2. The Hall–Kier alpha value is -1.03. The van der Waals surface area contributed by atoms with E-state index in [2.05, 4.69) is 6.92 Å². The topological polar surface area (TPSA) is 42.6 Å². The summed E-state index contributed by atoms with van der Waals surface area (Å²) in [6.45, 7) is 2.62. The van der Waals surface area contributed by atoms with E-state index in [1.165, 1.54) is 0 Å². The molecule has 0 spiro atoms. The Labute approximate surface area is 117 Å². The molecule has 2 heterocycles. The minimum Gasteiger partial charge on any atom is -0.456 e. The van der Waals surface area contributed by atoms with E-state index in [9.17, 15) is 5.11 Å². The highest BCUT2D eigenvalue weighted by atomic mass is 35.5. The lowest BCUT2D eigenvalue weighted by Crippen LogP contribution is -2.38. The van der Waals surface area contributed by atoms with Crippen LogP contribution in [0.3, 0.4) is 0 Å². The standard InChI is InChI=1S/C15H17ClO3/c1-2-11-9-15(17,6-7-18-11)13-8-10-4-3-5-12(16)14(10)19-13/h3-5,8,11,17H,2,6-7,9H2,1H3. The van der Waals surface area contributed by atoms with Crippen molar-refractivity contribution in [2.75, 3.05) is 6.61 Å². The van der Waals surface area contributed by atoms with Crippen LogP contribution >= 0.6 is 11.6 Å². The minimum absolute atomic E-state index is 0.0856. The predicted molar refractivity (Wildman–Crippen MR) is 74.4 cm³/mol. The van der Waals surface area contributed by atoms with Gasteiger partial charge in [0, 0.05) is 18.2 Å². The molecule has 0 amide bonds. The quantitative estimate of drug-likeness (QED) is 0.908. The van der Waals surface area contributed by atoms with E-state index in [0.717, 1.165) is 11.8 Å². The zero-order valence-corrected chi connectivity index (χ0v) is 11.6. The molecule has 0 radical (unpaired) electrons. The summed E-state index contributed by atoms with van der Waals surface area (Å²) < 4.78 is 11.4. The van der Waals surface area contributed by atoms with Crippen molar-refractivity contribution in [1.82, 2.24) is 0 Å². The number of halogens is 1. The Balaban J connectivity index is 2.01. The summed E-state index contributed by atoms with van der Waals surface area (Å²) >= 11 is 6.11. The molecule has 3 rings (SSSR count). The maximum atomic E-state index is 10.8. The van der Waals surface area contributed by atoms with Crippen LogP contribution < -0.4 is 0 Å². The van der Waals surface area contributed by atoms with E-state index >= 15 is 0 Å². The molecule has 2 aromatic rings. The molecular formula is C15H17ClO3. The first-order valence-electron chi connectivity index (χ1n) is 6.65. The molecule has 4 heteroatoms. The first-order valence-corrected chi connectivity index (χ1v) is 7.03. The normalized spacial score (nSPS) is 27.8. The van der Waals surface area contributed by atoms with Gasteiger partial charge in [-0.15, -0.1) is 0 Å². The van der Waals surface area contributed by atoms with Crippen molar-refractivity contribution in [3.8, 4) is 0 Å². The van der Waals surface area contributed by atoms with E-state index in [1.807, 2.05) is 18.2 Å². The Bertz CT molecular complexity index is 592. The van der Waals surface area contributed by atoms with Gasteiger partial charge in [0.05, 0.1) is 17.7 Å². The van der Waals surface area contributed by atoms with Crippen molar-refractivity contribution >= 4 is 22.6 Å². The molecule has 1 aliphatic rings. The molecule has 1 aromatic heterocycles. The summed E-state index contributed by atoms with van der Waals surface area (Å²) in [5.41, 5.74) is -0.298. The van der Waals surface area contributed by atoms with Gasteiger partial charge in [-0.2, -0.15) is 0 Å². The van der Waals surface area contributed by atoms with Crippen LogP contribution in [0.5, 0.6) is 0 Å². The molecule has 2 atom stereocenters. The Morgan fingerprint density at radius 2 is 2.32 bits per heavy atom. The molecule has 0 aliphatic carbocycles. The van der Waals surface area contributed by atoms with Gasteiger partial charge < -0.3 is 14.3 Å². The Morgan fingerprint density at radius 3 is 3.05 bits per heavy atom. The zero-order chi connectivity index (χ0) is 13.5. The monoisotopic (exact) mass is 280 g/mol. The van der Waals surface area contributed by atoms with Gasteiger partial charge >= 0.3 is 0 Å². The van der Waals surface area contributed by atoms with Crippen LogP contribution in [0.2, 0.25) is 5.02 Å². The van der Waals surface area contributed by atoms with Gasteiger partial charge in [0.1, 0.15) is 11.4 Å². The van der Waals surface area contributed by atoms with E-state index in [-0.39, 0.29) is 6.10 Å². The number of hydrogen-bond acceptors (Lipinski definition) is 3. The third-order valence-electron chi connectivity index (χ3n) is 3.84. The van der Waals surface area contributed by atoms with Crippen molar-refractivity contribution in [2.24, 2.45) is 0 Å². The van der Waals surface area contributed by atoms with Gasteiger partial charge in [0.15, 0.2) is 5.58 Å². The SMILES string of the molecule is CCC1CC(O)(c2cc3cccc(Cl)c3o2)CCO1. The third kappa shape index (κ3) is 2.27. The molecular weight excluding hydrogens is 264 g/mol. The van der Waals surface area contributed by atoms with Crippen LogP contribution in [0.15, 0.2) is 28.7 Å². The van der Waals surface area contributed by atoms with Crippen molar-refractivity contribution in [1.29, 1.82) is 0 Å². The van der Waals surface area contributed by atoms with Crippen LogP contribution in [-0.4, -0.2) is 17.8 Å². The minimum atomic E-state index is -0.943. The van der Waals surface area contributed by atoms with E-state index < -0.39 is 5.60 Å². The fourth-order valence-corrected chi connectivity index (χ4v) is 2.90. The number of hydrogen-bond donors (Lipinski definition) is 1. The number of benzene rings is 1.